The van der Waals surface area contributed by atoms with E-state index in [1.54, 1.807) is 17.2 Å². The largest absolute Gasteiger partial charge is 0.351 e. The number of hydrogen-bond acceptors (Lipinski definition) is 6. The summed E-state index contributed by atoms with van der Waals surface area (Å²) in [6.45, 7) is 2.34. The van der Waals surface area contributed by atoms with Crippen molar-refractivity contribution in [1.82, 2.24) is 14.9 Å². The molecule has 1 saturated heterocycles. The van der Waals surface area contributed by atoms with Crippen LogP contribution in [-0.4, -0.2) is 59.3 Å². The van der Waals surface area contributed by atoms with Gasteiger partial charge in [0.1, 0.15) is 5.69 Å². The fraction of sp³-hybridized carbons (Fsp3) is 0.722. The van der Waals surface area contributed by atoms with Gasteiger partial charge in [-0.1, -0.05) is 25.7 Å². The monoisotopic (exact) mass is 380 g/mol. The highest BCUT2D eigenvalue weighted by atomic mass is 32.2. The summed E-state index contributed by atoms with van der Waals surface area (Å²) < 4.78 is 23.5. The van der Waals surface area contributed by atoms with Gasteiger partial charge in [0.2, 0.25) is 5.95 Å². The normalized spacial score (nSPS) is 23.3. The highest BCUT2D eigenvalue weighted by Gasteiger charge is 2.34. The van der Waals surface area contributed by atoms with Gasteiger partial charge in [-0.25, -0.2) is 18.4 Å². The molecule has 2 fully saturated rings. The Labute approximate surface area is 155 Å². The molecule has 8 heteroatoms. The third-order valence-electron chi connectivity index (χ3n) is 5.31. The summed E-state index contributed by atoms with van der Waals surface area (Å²) in [6, 6.07) is 1.70. The van der Waals surface area contributed by atoms with Gasteiger partial charge in [-0.05, 0) is 32.3 Å². The van der Waals surface area contributed by atoms with Gasteiger partial charge in [-0.3, -0.25) is 4.79 Å². The molecule has 2 aliphatic rings. The smallest absolute Gasteiger partial charge is 0.272 e. The van der Waals surface area contributed by atoms with Crippen molar-refractivity contribution in [3.8, 4) is 0 Å². The van der Waals surface area contributed by atoms with Crippen LogP contribution in [0.15, 0.2) is 12.3 Å². The van der Waals surface area contributed by atoms with E-state index in [0.29, 0.717) is 30.6 Å². The second kappa shape index (κ2) is 8.33. The third kappa shape index (κ3) is 4.72. The van der Waals surface area contributed by atoms with E-state index in [4.69, 9.17) is 0 Å². The van der Waals surface area contributed by atoms with Crippen LogP contribution >= 0.6 is 0 Å². The van der Waals surface area contributed by atoms with E-state index >= 15 is 0 Å². The molecule has 3 rings (SSSR count). The lowest BCUT2D eigenvalue weighted by molar-refractivity contribution is 0.0702. The molecule has 1 aromatic rings. The molecule has 1 atom stereocenters. The van der Waals surface area contributed by atoms with Crippen molar-refractivity contribution in [3.63, 3.8) is 0 Å². The molecule has 0 spiro atoms. The number of aromatic nitrogens is 2. The molecule has 0 radical (unpaired) electrons. The van der Waals surface area contributed by atoms with Crippen LogP contribution in [0.25, 0.3) is 0 Å². The van der Waals surface area contributed by atoms with Gasteiger partial charge in [0.25, 0.3) is 5.91 Å². The van der Waals surface area contributed by atoms with E-state index in [1.165, 1.54) is 25.7 Å². The molecule has 2 heterocycles. The van der Waals surface area contributed by atoms with Gasteiger partial charge in [0, 0.05) is 24.8 Å². The van der Waals surface area contributed by atoms with E-state index < -0.39 is 9.84 Å². The van der Waals surface area contributed by atoms with E-state index in [0.717, 1.165) is 12.8 Å². The molecule has 0 aromatic carbocycles. The SMILES string of the molecule is CCN(C(=O)c1ccnc(NC2CCCCCC2)n1)C1CCS(=O)(=O)C1. The number of amides is 1. The number of nitrogens with zero attached hydrogens (tertiary/aromatic N) is 3. The number of rotatable bonds is 5. The number of nitrogens with one attached hydrogen (secondary N) is 1. The van der Waals surface area contributed by atoms with Gasteiger partial charge in [-0.2, -0.15) is 0 Å². The minimum absolute atomic E-state index is 0.0465. The lowest BCUT2D eigenvalue weighted by atomic mass is 10.1. The van der Waals surface area contributed by atoms with Crippen LogP contribution < -0.4 is 5.32 Å². The molecule has 1 unspecified atom stereocenters. The van der Waals surface area contributed by atoms with E-state index in [1.807, 2.05) is 6.92 Å². The van der Waals surface area contributed by atoms with Crippen LogP contribution in [0.5, 0.6) is 0 Å². The minimum atomic E-state index is -3.04. The number of anilines is 1. The summed E-state index contributed by atoms with van der Waals surface area (Å²) in [5.41, 5.74) is 0.322. The molecule has 1 N–H and O–H groups in total. The van der Waals surface area contributed by atoms with Gasteiger partial charge in [-0.15, -0.1) is 0 Å². The van der Waals surface area contributed by atoms with Gasteiger partial charge in [0.15, 0.2) is 9.84 Å². The molecule has 1 saturated carbocycles. The third-order valence-corrected chi connectivity index (χ3v) is 7.06. The fourth-order valence-electron chi connectivity index (χ4n) is 3.89. The fourth-order valence-corrected chi connectivity index (χ4v) is 5.62. The van der Waals surface area contributed by atoms with Gasteiger partial charge in [0.05, 0.1) is 11.5 Å². The zero-order valence-electron chi connectivity index (χ0n) is 15.4. The predicted molar refractivity (Wildman–Crippen MR) is 101 cm³/mol. The molecule has 1 aliphatic carbocycles. The quantitative estimate of drug-likeness (QED) is 0.788. The Bertz CT molecular complexity index is 730. The van der Waals surface area contributed by atoms with Crippen molar-refractivity contribution < 1.29 is 13.2 Å². The molecular formula is C18H28N4O3S. The number of hydrogen-bond donors (Lipinski definition) is 1. The van der Waals surface area contributed by atoms with Crippen LogP contribution in [0.4, 0.5) is 5.95 Å². The number of carbonyl (C=O) groups is 1. The first kappa shape index (κ1) is 19.1. The van der Waals surface area contributed by atoms with Gasteiger partial charge < -0.3 is 10.2 Å². The first-order chi connectivity index (χ1) is 12.5. The summed E-state index contributed by atoms with van der Waals surface area (Å²) in [5, 5.41) is 3.37. The molecule has 1 aromatic heterocycles. The Morgan fingerprint density at radius 3 is 2.58 bits per heavy atom. The van der Waals surface area contributed by atoms with Crippen molar-refractivity contribution in [1.29, 1.82) is 0 Å². The Morgan fingerprint density at radius 1 is 1.23 bits per heavy atom. The van der Waals surface area contributed by atoms with E-state index in [2.05, 4.69) is 15.3 Å². The van der Waals surface area contributed by atoms with Crippen molar-refractivity contribution in [2.45, 2.75) is 64.0 Å². The van der Waals surface area contributed by atoms with Crippen molar-refractivity contribution >= 4 is 21.7 Å². The molecule has 26 heavy (non-hydrogen) atoms. The molecule has 0 bridgehead atoms. The first-order valence-corrected chi connectivity index (χ1v) is 11.4. The summed E-state index contributed by atoms with van der Waals surface area (Å²) in [7, 11) is -3.04. The lowest BCUT2D eigenvalue weighted by Gasteiger charge is -2.26. The highest BCUT2D eigenvalue weighted by Crippen LogP contribution is 2.21. The van der Waals surface area contributed by atoms with Crippen LogP contribution in [0, 0.1) is 0 Å². The van der Waals surface area contributed by atoms with Gasteiger partial charge >= 0.3 is 0 Å². The zero-order chi connectivity index (χ0) is 18.6. The molecular weight excluding hydrogens is 352 g/mol. The molecule has 1 aliphatic heterocycles. The summed E-state index contributed by atoms with van der Waals surface area (Å²) in [6.07, 6.45) is 9.25. The standard InChI is InChI=1S/C18H28N4O3S/c1-2-22(15-10-12-26(24,25)13-15)17(23)16-9-11-19-18(21-16)20-14-7-5-3-4-6-8-14/h9,11,14-15H,2-8,10,12-13H2,1H3,(H,19,20,21). The number of carbonyl (C=O) groups excluding carboxylic acids is 1. The Balaban J connectivity index is 1.70. The lowest BCUT2D eigenvalue weighted by Crippen LogP contribution is -2.41. The minimum Gasteiger partial charge on any atom is -0.351 e. The average Bonchev–Trinajstić information content (AvgIpc) is 2.82. The van der Waals surface area contributed by atoms with Crippen LogP contribution in [0.2, 0.25) is 0 Å². The summed E-state index contributed by atoms with van der Waals surface area (Å²) in [5.74, 6) is 0.462. The van der Waals surface area contributed by atoms with Crippen molar-refractivity contribution in [2.75, 3.05) is 23.4 Å². The Hall–Kier alpha value is -1.70. The van der Waals surface area contributed by atoms with Crippen LogP contribution in [0.1, 0.15) is 62.4 Å². The van der Waals surface area contributed by atoms with Crippen molar-refractivity contribution in [2.24, 2.45) is 0 Å². The first-order valence-electron chi connectivity index (χ1n) is 9.59. The summed E-state index contributed by atoms with van der Waals surface area (Å²) >= 11 is 0. The van der Waals surface area contributed by atoms with Crippen LogP contribution in [0.3, 0.4) is 0 Å². The maximum Gasteiger partial charge on any atom is 0.272 e. The molecule has 7 nitrogen and oxygen atoms in total. The van der Waals surface area contributed by atoms with E-state index in [9.17, 15) is 13.2 Å². The average molecular weight is 381 g/mol. The second-order valence-electron chi connectivity index (χ2n) is 7.25. The topological polar surface area (TPSA) is 92.3 Å². The summed E-state index contributed by atoms with van der Waals surface area (Å²) in [4.78, 5) is 23.2. The Kier molecular flexibility index (Phi) is 6.11. The van der Waals surface area contributed by atoms with Crippen molar-refractivity contribution in [3.05, 3.63) is 18.0 Å². The van der Waals surface area contributed by atoms with Crippen LogP contribution in [-0.2, 0) is 9.84 Å². The number of sulfone groups is 1. The highest BCUT2D eigenvalue weighted by molar-refractivity contribution is 7.91. The maximum absolute atomic E-state index is 12.9. The second-order valence-corrected chi connectivity index (χ2v) is 9.48. The molecule has 144 valence electrons. The Morgan fingerprint density at radius 2 is 1.96 bits per heavy atom. The predicted octanol–water partition coefficient (Wildman–Crippen LogP) is 2.26. The zero-order valence-corrected chi connectivity index (χ0v) is 16.2. The molecule has 1 amide bonds. The van der Waals surface area contributed by atoms with E-state index in [-0.39, 0.29) is 23.5 Å². The maximum atomic E-state index is 12.9.